The predicted octanol–water partition coefficient (Wildman–Crippen LogP) is 2.97. The van der Waals surface area contributed by atoms with Crippen LogP contribution in [-0.2, 0) is 4.74 Å². The highest BCUT2D eigenvalue weighted by atomic mass is 16.5. The van der Waals surface area contributed by atoms with Crippen LogP contribution >= 0.6 is 0 Å². The molecule has 1 saturated heterocycles. The SMILES string of the molecule is COc1cccc(/C=N\n2c(N)c(C(=O)NC[C@@H]3CCCO3)c3nc4ccccc4nc32)c1. The van der Waals surface area contributed by atoms with Crippen LogP contribution in [0, 0.1) is 0 Å². The summed E-state index contributed by atoms with van der Waals surface area (Å²) in [6.07, 6.45) is 3.58. The Balaban J connectivity index is 1.58. The summed E-state index contributed by atoms with van der Waals surface area (Å²) in [7, 11) is 1.61. The molecule has 1 atom stereocenters. The molecular formula is C24H24N6O3. The first kappa shape index (κ1) is 20.9. The number of nitrogens with one attached hydrogen (secondary N) is 1. The van der Waals surface area contributed by atoms with Crippen molar-refractivity contribution in [2.75, 3.05) is 26.0 Å². The van der Waals surface area contributed by atoms with Gasteiger partial charge in [0.05, 0.1) is 30.5 Å². The lowest BCUT2D eigenvalue weighted by atomic mass is 10.2. The van der Waals surface area contributed by atoms with E-state index < -0.39 is 0 Å². The van der Waals surface area contributed by atoms with Crippen molar-refractivity contribution >= 4 is 40.1 Å². The van der Waals surface area contributed by atoms with Crippen LogP contribution in [0.1, 0.15) is 28.8 Å². The predicted molar refractivity (Wildman–Crippen MR) is 127 cm³/mol. The number of benzene rings is 2. The number of hydrogen-bond donors (Lipinski definition) is 2. The molecule has 168 valence electrons. The number of methoxy groups -OCH3 is 1. The zero-order valence-corrected chi connectivity index (χ0v) is 18.2. The molecule has 3 heterocycles. The molecule has 1 aliphatic rings. The van der Waals surface area contributed by atoms with Gasteiger partial charge in [-0.05, 0) is 42.7 Å². The van der Waals surface area contributed by atoms with Gasteiger partial charge < -0.3 is 20.5 Å². The molecule has 3 N–H and O–H groups in total. The zero-order chi connectivity index (χ0) is 22.8. The number of fused-ring (bicyclic) bond motifs is 2. The third-order valence-electron chi connectivity index (χ3n) is 5.63. The van der Waals surface area contributed by atoms with Crippen molar-refractivity contribution in [3.05, 3.63) is 59.7 Å². The average Bonchev–Trinajstić information content (AvgIpc) is 3.45. The summed E-state index contributed by atoms with van der Waals surface area (Å²) in [6, 6.07) is 14.9. The van der Waals surface area contributed by atoms with E-state index in [1.807, 2.05) is 48.5 Å². The number of anilines is 1. The van der Waals surface area contributed by atoms with Gasteiger partial charge in [0.15, 0.2) is 5.65 Å². The largest absolute Gasteiger partial charge is 0.497 e. The summed E-state index contributed by atoms with van der Waals surface area (Å²) in [6.45, 7) is 1.14. The number of hydrogen-bond acceptors (Lipinski definition) is 7. The maximum absolute atomic E-state index is 13.1. The van der Waals surface area contributed by atoms with Crippen molar-refractivity contribution in [2.24, 2.45) is 5.10 Å². The summed E-state index contributed by atoms with van der Waals surface area (Å²) in [5.41, 5.74) is 9.67. The quantitative estimate of drug-likeness (QED) is 0.442. The minimum atomic E-state index is -0.326. The van der Waals surface area contributed by atoms with Gasteiger partial charge in [-0.15, -0.1) is 0 Å². The molecule has 2 aromatic carbocycles. The van der Waals surface area contributed by atoms with Gasteiger partial charge in [0.2, 0.25) is 0 Å². The Bertz CT molecular complexity index is 1360. The molecule has 1 fully saturated rings. The maximum Gasteiger partial charge on any atom is 0.257 e. The second-order valence-corrected chi connectivity index (χ2v) is 7.82. The summed E-state index contributed by atoms with van der Waals surface area (Å²) in [4.78, 5) is 22.5. The molecule has 0 spiro atoms. The fourth-order valence-corrected chi connectivity index (χ4v) is 3.93. The lowest BCUT2D eigenvalue weighted by molar-refractivity contribution is 0.0859. The van der Waals surface area contributed by atoms with E-state index in [2.05, 4.69) is 10.4 Å². The number of rotatable bonds is 6. The second-order valence-electron chi connectivity index (χ2n) is 7.82. The number of para-hydroxylation sites is 2. The molecule has 0 saturated carbocycles. The first-order valence-electron chi connectivity index (χ1n) is 10.8. The number of amides is 1. The third kappa shape index (κ3) is 4.10. The summed E-state index contributed by atoms with van der Waals surface area (Å²) >= 11 is 0. The number of carbonyl (C=O) groups is 1. The van der Waals surface area contributed by atoms with E-state index in [4.69, 9.17) is 25.2 Å². The van der Waals surface area contributed by atoms with Crippen LogP contribution in [0.15, 0.2) is 53.6 Å². The van der Waals surface area contributed by atoms with Crippen molar-refractivity contribution in [1.82, 2.24) is 20.0 Å². The Morgan fingerprint density at radius 3 is 2.85 bits per heavy atom. The lowest BCUT2D eigenvalue weighted by Crippen LogP contribution is -2.32. The molecule has 33 heavy (non-hydrogen) atoms. The molecule has 0 radical (unpaired) electrons. The normalized spacial score (nSPS) is 16.1. The van der Waals surface area contributed by atoms with Gasteiger partial charge in [-0.2, -0.15) is 9.78 Å². The smallest absolute Gasteiger partial charge is 0.257 e. The van der Waals surface area contributed by atoms with Gasteiger partial charge in [0.1, 0.15) is 22.6 Å². The highest BCUT2D eigenvalue weighted by Crippen LogP contribution is 2.28. The molecule has 0 bridgehead atoms. The van der Waals surface area contributed by atoms with Crippen molar-refractivity contribution in [3.63, 3.8) is 0 Å². The average molecular weight is 444 g/mol. The van der Waals surface area contributed by atoms with Crippen LogP contribution in [0.25, 0.3) is 22.2 Å². The fraction of sp³-hybridized carbons (Fsp3) is 0.250. The van der Waals surface area contributed by atoms with Crippen LogP contribution in [0.3, 0.4) is 0 Å². The standard InChI is InChI=1S/C24H24N6O3/c1-32-16-7-4-6-15(12-16)13-27-30-22(25)20(24(31)26-14-17-8-5-11-33-17)21-23(30)29-19-10-3-2-9-18(19)28-21/h2-4,6-7,9-10,12-13,17H,5,8,11,14,25H2,1H3,(H,26,31)/b27-13-/t17-/m0/s1. The van der Waals surface area contributed by atoms with E-state index in [0.29, 0.717) is 34.5 Å². The van der Waals surface area contributed by atoms with Gasteiger partial charge >= 0.3 is 0 Å². The van der Waals surface area contributed by atoms with Gasteiger partial charge in [0.25, 0.3) is 5.91 Å². The molecule has 9 nitrogen and oxygen atoms in total. The minimum Gasteiger partial charge on any atom is -0.497 e. The Labute approximate surface area is 190 Å². The number of nitrogens with two attached hydrogens (primary N) is 1. The molecule has 9 heteroatoms. The Hall–Kier alpha value is -3.98. The monoisotopic (exact) mass is 444 g/mol. The van der Waals surface area contributed by atoms with E-state index in [9.17, 15) is 4.79 Å². The van der Waals surface area contributed by atoms with Crippen LogP contribution in [-0.4, -0.2) is 53.1 Å². The van der Waals surface area contributed by atoms with Crippen molar-refractivity contribution in [2.45, 2.75) is 18.9 Å². The number of nitrogens with zero attached hydrogens (tertiary/aromatic N) is 4. The molecule has 4 aromatic rings. The van der Waals surface area contributed by atoms with Crippen LogP contribution in [0.5, 0.6) is 5.75 Å². The van der Waals surface area contributed by atoms with E-state index in [0.717, 1.165) is 25.0 Å². The van der Waals surface area contributed by atoms with E-state index in [1.165, 1.54) is 4.68 Å². The lowest BCUT2D eigenvalue weighted by Gasteiger charge is -2.10. The molecular weight excluding hydrogens is 420 g/mol. The van der Waals surface area contributed by atoms with Crippen LogP contribution in [0.4, 0.5) is 5.82 Å². The maximum atomic E-state index is 13.1. The number of aromatic nitrogens is 3. The van der Waals surface area contributed by atoms with Crippen molar-refractivity contribution in [3.8, 4) is 5.75 Å². The van der Waals surface area contributed by atoms with E-state index in [1.54, 1.807) is 13.3 Å². The summed E-state index contributed by atoms with van der Waals surface area (Å²) in [5, 5.41) is 7.46. The van der Waals surface area contributed by atoms with Crippen molar-refractivity contribution < 1.29 is 14.3 Å². The second kappa shape index (κ2) is 8.87. The number of ether oxygens (including phenoxy) is 2. The Kier molecular flexibility index (Phi) is 5.62. The van der Waals surface area contributed by atoms with Crippen LogP contribution in [0.2, 0.25) is 0 Å². The topological polar surface area (TPSA) is 117 Å². The molecule has 0 aliphatic carbocycles. The van der Waals surface area contributed by atoms with Gasteiger partial charge in [-0.25, -0.2) is 9.97 Å². The Morgan fingerprint density at radius 1 is 1.27 bits per heavy atom. The van der Waals surface area contributed by atoms with Crippen LogP contribution < -0.4 is 15.8 Å². The zero-order valence-electron chi connectivity index (χ0n) is 18.2. The first-order valence-corrected chi connectivity index (χ1v) is 10.8. The van der Waals surface area contributed by atoms with Gasteiger partial charge in [-0.3, -0.25) is 4.79 Å². The highest BCUT2D eigenvalue weighted by molar-refractivity contribution is 6.10. The molecule has 5 rings (SSSR count). The highest BCUT2D eigenvalue weighted by Gasteiger charge is 2.25. The molecule has 0 unspecified atom stereocenters. The Morgan fingerprint density at radius 2 is 2.09 bits per heavy atom. The molecule has 1 aliphatic heterocycles. The number of nitrogen functional groups attached to an aromatic ring is 1. The van der Waals surface area contributed by atoms with Crippen molar-refractivity contribution in [1.29, 1.82) is 0 Å². The van der Waals surface area contributed by atoms with Gasteiger partial charge in [-0.1, -0.05) is 24.3 Å². The van der Waals surface area contributed by atoms with Gasteiger partial charge in [0, 0.05) is 13.2 Å². The number of carbonyl (C=O) groups excluding carboxylic acids is 1. The summed E-state index contributed by atoms with van der Waals surface area (Å²) < 4.78 is 12.3. The summed E-state index contributed by atoms with van der Waals surface area (Å²) in [5.74, 6) is 0.557. The minimum absolute atomic E-state index is 0.0153. The van der Waals surface area contributed by atoms with E-state index in [-0.39, 0.29) is 23.4 Å². The first-order chi connectivity index (χ1) is 16.1. The van der Waals surface area contributed by atoms with E-state index >= 15 is 0 Å². The third-order valence-corrected chi connectivity index (χ3v) is 5.63. The molecule has 1 amide bonds. The molecule has 2 aromatic heterocycles. The fourth-order valence-electron chi connectivity index (χ4n) is 3.93.